The van der Waals surface area contributed by atoms with Crippen LogP contribution in [0.15, 0.2) is 0 Å². The van der Waals surface area contributed by atoms with Gasteiger partial charge in [-0.1, -0.05) is 11.8 Å². The third-order valence-electron chi connectivity index (χ3n) is 2.86. The first-order valence-electron chi connectivity index (χ1n) is 6.58. The third kappa shape index (κ3) is 8.00. The van der Waals surface area contributed by atoms with E-state index in [2.05, 4.69) is 33.4 Å². The summed E-state index contributed by atoms with van der Waals surface area (Å²) < 4.78 is 18.0. The van der Waals surface area contributed by atoms with E-state index < -0.39 is 11.3 Å². The molecule has 114 valence electrons. The molecule has 4 nitrogen and oxygen atoms in total. The summed E-state index contributed by atoms with van der Waals surface area (Å²) in [5, 5.41) is 0. The molecule has 0 aliphatic carbocycles. The molecule has 0 saturated carbocycles. The highest BCUT2D eigenvalue weighted by Crippen LogP contribution is 2.53. The minimum Gasteiger partial charge on any atom is -0.348 e. The van der Waals surface area contributed by atoms with E-state index in [1.165, 1.54) is 0 Å². The molecular weight excluding hydrogens is 301 g/mol. The SMILES string of the molecule is CC1(C)OC[C@H](CCP(=S)(S)OCC[N+](C)(C)C)O1. The molecular formula is C12H27NO3PS2+. The van der Waals surface area contributed by atoms with Gasteiger partial charge in [0.05, 0.1) is 33.9 Å². The summed E-state index contributed by atoms with van der Waals surface area (Å²) in [6.45, 7) is 6.10. The average Bonchev–Trinajstić information content (AvgIpc) is 2.53. The maximum absolute atomic E-state index is 5.80. The van der Waals surface area contributed by atoms with E-state index in [0.29, 0.717) is 13.2 Å². The summed E-state index contributed by atoms with van der Waals surface area (Å²) in [6, 6.07) is 0. The smallest absolute Gasteiger partial charge is 0.163 e. The minimum atomic E-state index is -1.99. The topological polar surface area (TPSA) is 27.7 Å². The molecule has 1 fully saturated rings. The van der Waals surface area contributed by atoms with Gasteiger partial charge in [-0.2, -0.15) is 0 Å². The molecule has 0 aromatic carbocycles. The van der Waals surface area contributed by atoms with Crippen molar-refractivity contribution in [3.8, 4) is 0 Å². The lowest BCUT2D eigenvalue weighted by atomic mass is 10.3. The van der Waals surface area contributed by atoms with Crippen molar-refractivity contribution >= 4 is 29.5 Å². The molecule has 0 bridgehead atoms. The number of thiol groups is 1. The fourth-order valence-electron chi connectivity index (χ4n) is 1.73. The van der Waals surface area contributed by atoms with Gasteiger partial charge in [0, 0.05) is 6.16 Å². The number of likely N-dealkylation sites (N-methyl/N-ethyl adjacent to an activating group) is 1. The summed E-state index contributed by atoms with van der Waals surface area (Å²) in [5.74, 6) is -0.464. The fraction of sp³-hybridized carbons (Fsp3) is 1.00. The van der Waals surface area contributed by atoms with Gasteiger partial charge in [0.1, 0.15) is 18.6 Å². The molecule has 0 N–H and O–H groups in total. The van der Waals surface area contributed by atoms with Gasteiger partial charge in [-0.15, -0.1) is 12.2 Å². The molecule has 7 heteroatoms. The van der Waals surface area contributed by atoms with E-state index >= 15 is 0 Å². The second kappa shape index (κ2) is 6.73. The predicted molar refractivity (Wildman–Crippen MR) is 86.5 cm³/mol. The molecule has 0 aromatic heterocycles. The average molecular weight is 328 g/mol. The van der Waals surface area contributed by atoms with Gasteiger partial charge in [-0.25, -0.2) is 0 Å². The molecule has 2 atom stereocenters. The van der Waals surface area contributed by atoms with Crippen LogP contribution < -0.4 is 0 Å². The van der Waals surface area contributed by atoms with Crippen LogP contribution in [0.1, 0.15) is 20.3 Å². The van der Waals surface area contributed by atoms with Crippen molar-refractivity contribution in [3.05, 3.63) is 0 Å². The Labute approximate surface area is 127 Å². The van der Waals surface area contributed by atoms with Crippen molar-refractivity contribution < 1.29 is 18.5 Å². The van der Waals surface area contributed by atoms with Gasteiger partial charge in [-0.3, -0.25) is 0 Å². The lowest BCUT2D eigenvalue weighted by Crippen LogP contribution is -2.37. The molecule has 0 radical (unpaired) electrons. The second-order valence-electron chi connectivity index (χ2n) is 6.45. The minimum absolute atomic E-state index is 0.117. The van der Waals surface area contributed by atoms with E-state index in [1.54, 1.807) is 0 Å². The molecule has 1 aliphatic rings. The van der Waals surface area contributed by atoms with Crippen LogP contribution in [-0.4, -0.2) is 63.4 Å². The van der Waals surface area contributed by atoms with Crippen molar-refractivity contribution in [2.75, 3.05) is 47.1 Å². The zero-order valence-electron chi connectivity index (χ0n) is 12.6. The van der Waals surface area contributed by atoms with Gasteiger partial charge >= 0.3 is 0 Å². The molecule has 1 heterocycles. The maximum atomic E-state index is 5.80. The lowest BCUT2D eigenvalue weighted by molar-refractivity contribution is -0.870. The van der Waals surface area contributed by atoms with E-state index in [1.807, 2.05) is 13.8 Å². The summed E-state index contributed by atoms with van der Waals surface area (Å²) in [7, 11) is 6.41. The van der Waals surface area contributed by atoms with Gasteiger partial charge in [0.15, 0.2) is 5.79 Å². The molecule has 1 saturated heterocycles. The van der Waals surface area contributed by atoms with Gasteiger partial charge in [0.2, 0.25) is 0 Å². The largest absolute Gasteiger partial charge is 0.348 e. The zero-order chi connectivity index (χ0) is 14.7. The summed E-state index contributed by atoms with van der Waals surface area (Å²) >= 11 is 10.0. The Morgan fingerprint density at radius 2 is 2.05 bits per heavy atom. The first kappa shape index (κ1) is 17.9. The summed E-state index contributed by atoms with van der Waals surface area (Å²) in [5.41, 5.74) is -1.99. The van der Waals surface area contributed by atoms with Crippen molar-refractivity contribution in [1.82, 2.24) is 0 Å². The number of hydrogen-bond donors (Lipinski definition) is 1. The molecule has 1 rings (SSSR count). The monoisotopic (exact) mass is 328 g/mol. The number of quaternary nitrogens is 1. The van der Waals surface area contributed by atoms with Gasteiger partial charge in [0.25, 0.3) is 0 Å². The van der Waals surface area contributed by atoms with Crippen molar-refractivity contribution in [1.29, 1.82) is 0 Å². The molecule has 1 unspecified atom stereocenters. The standard InChI is InChI=1S/C12H26NO3PS2/c1-12(2)14-10-11(16-12)6-9-17(18,19)15-8-7-13(3,4)5/h11H,6-10H2,1-5H3/p+1/t11-/m0/s1. The third-order valence-corrected chi connectivity index (χ3v) is 6.08. The van der Waals surface area contributed by atoms with E-state index in [0.717, 1.165) is 23.6 Å². The second-order valence-corrected chi connectivity index (χ2v) is 12.9. The lowest BCUT2D eigenvalue weighted by Gasteiger charge is -2.25. The van der Waals surface area contributed by atoms with Crippen LogP contribution in [0.2, 0.25) is 0 Å². The van der Waals surface area contributed by atoms with Crippen molar-refractivity contribution in [2.24, 2.45) is 0 Å². The van der Waals surface area contributed by atoms with Crippen LogP contribution >= 0.6 is 17.7 Å². The maximum Gasteiger partial charge on any atom is 0.163 e. The number of ether oxygens (including phenoxy) is 2. The Hall–Kier alpha value is 0.840. The molecule has 0 aromatic rings. The highest BCUT2D eigenvalue weighted by molar-refractivity contribution is 8.61. The summed E-state index contributed by atoms with van der Waals surface area (Å²) in [6.07, 6.45) is 1.76. The number of nitrogens with zero attached hydrogens (tertiary/aromatic N) is 1. The normalized spacial score (nSPS) is 26.3. The van der Waals surface area contributed by atoms with Crippen LogP contribution in [0.25, 0.3) is 0 Å². The Bertz CT molecular complexity index is 344. The van der Waals surface area contributed by atoms with E-state index in [-0.39, 0.29) is 6.10 Å². The first-order chi connectivity index (χ1) is 8.49. The predicted octanol–water partition coefficient (Wildman–Crippen LogP) is 2.49. The summed E-state index contributed by atoms with van der Waals surface area (Å²) in [4.78, 5) is 0. The highest BCUT2D eigenvalue weighted by Gasteiger charge is 2.33. The van der Waals surface area contributed by atoms with Gasteiger partial charge in [-0.05, 0) is 20.3 Å². The number of rotatable bonds is 7. The van der Waals surface area contributed by atoms with Crippen LogP contribution in [0.3, 0.4) is 0 Å². The Morgan fingerprint density at radius 1 is 1.42 bits per heavy atom. The van der Waals surface area contributed by atoms with E-state index in [4.69, 9.17) is 25.8 Å². The molecule has 0 amide bonds. The van der Waals surface area contributed by atoms with Crippen LogP contribution in [0.5, 0.6) is 0 Å². The van der Waals surface area contributed by atoms with Crippen LogP contribution in [0.4, 0.5) is 0 Å². The van der Waals surface area contributed by atoms with E-state index in [9.17, 15) is 0 Å². The number of hydrogen-bond acceptors (Lipinski definition) is 4. The Kier molecular flexibility index (Phi) is 6.34. The van der Waals surface area contributed by atoms with Crippen molar-refractivity contribution in [3.63, 3.8) is 0 Å². The molecule has 0 spiro atoms. The van der Waals surface area contributed by atoms with Crippen LogP contribution in [0, 0.1) is 0 Å². The van der Waals surface area contributed by atoms with Gasteiger partial charge < -0.3 is 18.5 Å². The highest BCUT2D eigenvalue weighted by atomic mass is 32.9. The Balaban J connectivity index is 2.26. The first-order valence-corrected chi connectivity index (χ1v) is 10.6. The zero-order valence-corrected chi connectivity index (χ0v) is 15.2. The fourth-order valence-corrected chi connectivity index (χ4v) is 3.98. The Morgan fingerprint density at radius 3 is 2.53 bits per heavy atom. The van der Waals surface area contributed by atoms with Crippen LogP contribution in [-0.2, 0) is 25.8 Å². The quantitative estimate of drug-likeness (QED) is 0.441. The van der Waals surface area contributed by atoms with Crippen molar-refractivity contribution in [2.45, 2.75) is 32.2 Å². The molecule has 19 heavy (non-hydrogen) atoms. The molecule has 1 aliphatic heterocycles.